The van der Waals surface area contributed by atoms with Crippen LogP contribution in [0.3, 0.4) is 0 Å². The lowest BCUT2D eigenvalue weighted by Crippen LogP contribution is -1.85. The van der Waals surface area contributed by atoms with Crippen molar-refractivity contribution in [2.75, 3.05) is 0 Å². The summed E-state index contributed by atoms with van der Waals surface area (Å²) in [5, 5.41) is 0. The Hall–Kier alpha value is -0.990. The Morgan fingerprint density at radius 3 is 1.67 bits per heavy atom. The molecule has 0 rings (SSSR count). The SMILES string of the molecule is CC(=O)C=O.CCC=O. The van der Waals surface area contributed by atoms with E-state index in [1.807, 2.05) is 6.92 Å². The lowest BCUT2D eigenvalue weighted by atomic mass is 10.5. The second-order valence-corrected chi connectivity index (χ2v) is 1.30. The van der Waals surface area contributed by atoms with Gasteiger partial charge < -0.3 is 4.79 Å². The normalized spacial score (nSPS) is 6.44. The maximum atomic E-state index is 9.44. The molecule has 0 saturated carbocycles. The summed E-state index contributed by atoms with van der Waals surface area (Å²) in [5.41, 5.74) is 0. The molecule has 0 aliphatic heterocycles. The molecular formula is C6H10O3. The largest absolute Gasteiger partial charge is 0.303 e. The second-order valence-electron chi connectivity index (χ2n) is 1.30. The fraction of sp³-hybridized carbons (Fsp3) is 0.500. The molecule has 0 aromatic carbocycles. The molecule has 0 heterocycles. The summed E-state index contributed by atoms with van der Waals surface area (Å²) in [5.74, 6) is -0.426. The zero-order valence-corrected chi connectivity index (χ0v) is 5.59. The van der Waals surface area contributed by atoms with Gasteiger partial charge in [0.25, 0.3) is 0 Å². The molecule has 0 bridgehead atoms. The highest BCUT2D eigenvalue weighted by Gasteiger charge is 1.76. The van der Waals surface area contributed by atoms with Gasteiger partial charge in [-0.2, -0.15) is 0 Å². The van der Waals surface area contributed by atoms with Crippen LogP contribution in [0.5, 0.6) is 0 Å². The van der Waals surface area contributed by atoms with E-state index >= 15 is 0 Å². The Kier molecular flexibility index (Phi) is 12.2. The number of aldehydes is 2. The monoisotopic (exact) mass is 130 g/mol. The molecule has 3 nitrogen and oxygen atoms in total. The molecule has 3 heteroatoms. The predicted molar refractivity (Wildman–Crippen MR) is 33.1 cm³/mol. The van der Waals surface area contributed by atoms with Gasteiger partial charge >= 0.3 is 0 Å². The molecule has 0 radical (unpaired) electrons. The van der Waals surface area contributed by atoms with E-state index in [1.54, 1.807) is 0 Å². The average Bonchev–Trinajstić information content (AvgIpc) is 1.89. The van der Waals surface area contributed by atoms with Crippen molar-refractivity contribution in [1.82, 2.24) is 0 Å². The fourth-order valence-electron chi connectivity index (χ4n) is 0. The molecule has 0 saturated heterocycles. The lowest BCUT2D eigenvalue weighted by molar-refractivity contribution is -0.128. The smallest absolute Gasteiger partial charge is 0.192 e. The van der Waals surface area contributed by atoms with E-state index in [4.69, 9.17) is 4.79 Å². The van der Waals surface area contributed by atoms with E-state index in [2.05, 4.69) is 0 Å². The van der Waals surface area contributed by atoms with Crippen LogP contribution in [-0.2, 0) is 14.4 Å². The summed E-state index contributed by atoms with van der Waals surface area (Å²) in [6, 6.07) is 0. The topological polar surface area (TPSA) is 51.2 Å². The predicted octanol–water partition coefficient (Wildman–Crippen LogP) is 0.370. The van der Waals surface area contributed by atoms with Crippen LogP contribution in [0.15, 0.2) is 0 Å². The van der Waals surface area contributed by atoms with Crippen LogP contribution >= 0.6 is 0 Å². The number of carbonyl (C=O) groups is 3. The summed E-state index contributed by atoms with van der Waals surface area (Å²) >= 11 is 0. The number of ketones is 1. The van der Waals surface area contributed by atoms with Gasteiger partial charge in [0.1, 0.15) is 6.29 Å². The first kappa shape index (κ1) is 10.9. The quantitative estimate of drug-likeness (QED) is 0.401. The standard InChI is InChI=1S/C3H4O2.C3H6O/c1-3(5)2-4;1-2-3-4/h2H,1H3;3H,2H2,1H3. The second kappa shape index (κ2) is 10.1. The number of hydrogen-bond donors (Lipinski definition) is 0. The zero-order chi connectivity index (χ0) is 7.70. The van der Waals surface area contributed by atoms with E-state index in [1.165, 1.54) is 6.92 Å². The molecule has 9 heavy (non-hydrogen) atoms. The van der Waals surface area contributed by atoms with Crippen LogP contribution in [0, 0.1) is 0 Å². The maximum absolute atomic E-state index is 9.44. The van der Waals surface area contributed by atoms with E-state index in [0.29, 0.717) is 6.42 Å². The van der Waals surface area contributed by atoms with E-state index in [0.717, 1.165) is 6.29 Å². The first-order valence-electron chi connectivity index (χ1n) is 2.58. The van der Waals surface area contributed by atoms with Crippen molar-refractivity contribution in [2.45, 2.75) is 20.3 Å². The van der Waals surface area contributed by atoms with Crippen molar-refractivity contribution >= 4 is 18.4 Å². The van der Waals surface area contributed by atoms with Gasteiger partial charge in [0, 0.05) is 13.3 Å². The first-order valence-corrected chi connectivity index (χ1v) is 2.58. The zero-order valence-electron chi connectivity index (χ0n) is 5.59. The highest BCUT2D eigenvalue weighted by atomic mass is 16.2. The maximum Gasteiger partial charge on any atom is 0.192 e. The van der Waals surface area contributed by atoms with Crippen LogP contribution in [0.2, 0.25) is 0 Å². The van der Waals surface area contributed by atoms with Crippen LogP contribution in [0.25, 0.3) is 0 Å². The number of hydrogen-bond acceptors (Lipinski definition) is 3. The molecule has 0 aliphatic rings. The molecule has 0 atom stereocenters. The third-order valence-corrected chi connectivity index (χ3v) is 0.333. The molecule has 0 aromatic heterocycles. The van der Waals surface area contributed by atoms with Gasteiger partial charge in [0.15, 0.2) is 12.1 Å². The number of Topliss-reactive ketones (excluding diaryl/α,β-unsaturated/α-hetero) is 1. The first-order chi connectivity index (χ1) is 4.18. The van der Waals surface area contributed by atoms with Crippen LogP contribution in [0.4, 0.5) is 0 Å². The summed E-state index contributed by atoms with van der Waals surface area (Å²) in [6.07, 6.45) is 1.79. The van der Waals surface area contributed by atoms with Gasteiger partial charge in [-0.1, -0.05) is 6.92 Å². The lowest BCUT2D eigenvalue weighted by Gasteiger charge is -1.57. The van der Waals surface area contributed by atoms with Gasteiger partial charge in [-0.3, -0.25) is 9.59 Å². The average molecular weight is 130 g/mol. The summed E-state index contributed by atoms with van der Waals surface area (Å²) in [6.45, 7) is 3.03. The third kappa shape index (κ3) is 43.6. The van der Waals surface area contributed by atoms with Gasteiger partial charge in [0.05, 0.1) is 0 Å². The molecule has 0 fully saturated rings. The highest BCUT2D eigenvalue weighted by molar-refractivity contribution is 6.23. The number of rotatable bonds is 2. The number of carbonyl (C=O) groups excluding carboxylic acids is 3. The third-order valence-electron chi connectivity index (χ3n) is 0.333. The van der Waals surface area contributed by atoms with E-state index < -0.39 is 5.78 Å². The van der Waals surface area contributed by atoms with E-state index in [-0.39, 0.29) is 6.29 Å². The molecule has 0 aliphatic carbocycles. The van der Waals surface area contributed by atoms with Crippen LogP contribution in [0.1, 0.15) is 20.3 Å². The Bertz CT molecular complexity index is 96.5. The molecule has 52 valence electrons. The van der Waals surface area contributed by atoms with Crippen molar-refractivity contribution in [2.24, 2.45) is 0 Å². The molecule has 0 spiro atoms. The molecule has 0 aromatic rings. The molecule has 0 amide bonds. The summed E-state index contributed by atoms with van der Waals surface area (Å²) < 4.78 is 0. The highest BCUT2D eigenvalue weighted by Crippen LogP contribution is 1.53. The molecule has 0 unspecified atom stereocenters. The van der Waals surface area contributed by atoms with Crippen LogP contribution < -0.4 is 0 Å². The van der Waals surface area contributed by atoms with Crippen molar-refractivity contribution in [3.8, 4) is 0 Å². The van der Waals surface area contributed by atoms with Crippen molar-refractivity contribution in [3.63, 3.8) is 0 Å². The fourth-order valence-corrected chi connectivity index (χ4v) is 0. The van der Waals surface area contributed by atoms with Gasteiger partial charge in [-0.05, 0) is 0 Å². The minimum atomic E-state index is -0.426. The minimum Gasteiger partial charge on any atom is -0.303 e. The van der Waals surface area contributed by atoms with Gasteiger partial charge in [-0.15, -0.1) is 0 Å². The molecule has 0 N–H and O–H groups in total. The van der Waals surface area contributed by atoms with Crippen molar-refractivity contribution in [3.05, 3.63) is 0 Å². The van der Waals surface area contributed by atoms with Gasteiger partial charge in [-0.25, -0.2) is 0 Å². The van der Waals surface area contributed by atoms with Gasteiger partial charge in [0.2, 0.25) is 0 Å². The van der Waals surface area contributed by atoms with E-state index in [9.17, 15) is 9.59 Å². The van der Waals surface area contributed by atoms with Crippen LogP contribution in [-0.4, -0.2) is 18.4 Å². The summed E-state index contributed by atoms with van der Waals surface area (Å²) in [4.78, 5) is 27.8. The van der Waals surface area contributed by atoms with Crippen molar-refractivity contribution < 1.29 is 14.4 Å². The summed E-state index contributed by atoms with van der Waals surface area (Å²) in [7, 11) is 0. The van der Waals surface area contributed by atoms with Crippen molar-refractivity contribution in [1.29, 1.82) is 0 Å². The Morgan fingerprint density at radius 2 is 1.67 bits per heavy atom. The minimum absolute atomic E-state index is 0.278. The Balaban J connectivity index is 0. The Labute approximate surface area is 54.1 Å². The Morgan fingerprint density at radius 1 is 1.44 bits per heavy atom. The molecular weight excluding hydrogens is 120 g/mol.